The van der Waals surface area contributed by atoms with Gasteiger partial charge in [-0.3, -0.25) is 0 Å². The number of likely N-dealkylation sites (N-methyl/N-ethyl adjacent to an activating group) is 1. The molecule has 0 atom stereocenters. The Hall–Kier alpha value is -0.160. The number of hydrogen-bond acceptors (Lipinski definition) is 4. The van der Waals surface area contributed by atoms with E-state index < -0.39 is 5.60 Å². The van der Waals surface area contributed by atoms with Gasteiger partial charge < -0.3 is 20.2 Å². The molecule has 0 spiro atoms. The molecule has 1 aliphatic heterocycles. The van der Waals surface area contributed by atoms with E-state index in [1.165, 1.54) is 6.42 Å². The Morgan fingerprint density at radius 2 is 1.82 bits per heavy atom. The average Bonchev–Trinajstić information content (AvgIpc) is 2.28. The van der Waals surface area contributed by atoms with Crippen molar-refractivity contribution >= 4 is 0 Å². The third-order valence-corrected chi connectivity index (χ3v) is 3.58. The predicted molar refractivity (Wildman–Crippen MR) is 72.3 cm³/mol. The second-order valence-corrected chi connectivity index (χ2v) is 5.50. The number of piperidine rings is 1. The van der Waals surface area contributed by atoms with Gasteiger partial charge >= 0.3 is 0 Å². The molecule has 0 aromatic rings. The molecule has 2 N–H and O–H groups in total. The Balaban J connectivity index is 2.29. The van der Waals surface area contributed by atoms with Gasteiger partial charge in [-0.05, 0) is 66.1 Å². The van der Waals surface area contributed by atoms with Gasteiger partial charge in [0.1, 0.15) is 0 Å². The van der Waals surface area contributed by atoms with Crippen LogP contribution in [0, 0.1) is 0 Å². The monoisotopic (exact) mass is 243 g/mol. The van der Waals surface area contributed by atoms with Crippen molar-refractivity contribution in [3.8, 4) is 0 Å². The number of nitrogens with zero attached hydrogens (tertiary/aromatic N) is 2. The summed E-state index contributed by atoms with van der Waals surface area (Å²) in [6, 6.07) is 0. The number of rotatable bonds is 7. The van der Waals surface area contributed by atoms with E-state index in [-0.39, 0.29) is 0 Å². The van der Waals surface area contributed by atoms with Gasteiger partial charge in [0.25, 0.3) is 0 Å². The van der Waals surface area contributed by atoms with Crippen LogP contribution in [0.4, 0.5) is 0 Å². The molecule has 0 aliphatic carbocycles. The third-order valence-electron chi connectivity index (χ3n) is 3.58. The number of aliphatic hydroxyl groups is 1. The normalized spacial score (nSPS) is 20.1. The third kappa shape index (κ3) is 5.82. The first-order chi connectivity index (χ1) is 8.06. The van der Waals surface area contributed by atoms with Crippen LogP contribution in [0.2, 0.25) is 0 Å². The first-order valence-electron chi connectivity index (χ1n) is 6.86. The fraction of sp³-hybridized carbons (Fsp3) is 1.00. The minimum Gasteiger partial charge on any atom is -0.388 e. The molecule has 1 heterocycles. The summed E-state index contributed by atoms with van der Waals surface area (Å²) in [6.07, 6.45) is 2.95. The van der Waals surface area contributed by atoms with Gasteiger partial charge in [-0.15, -0.1) is 0 Å². The fourth-order valence-electron chi connectivity index (χ4n) is 2.43. The van der Waals surface area contributed by atoms with E-state index in [2.05, 4.69) is 36.1 Å². The van der Waals surface area contributed by atoms with E-state index in [0.29, 0.717) is 0 Å². The molecule has 4 heteroatoms. The molecule has 0 saturated carbocycles. The van der Waals surface area contributed by atoms with Gasteiger partial charge in [-0.2, -0.15) is 0 Å². The van der Waals surface area contributed by atoms with Gasteiger partial charge in [-0.1, -0.05) is 6.92 Å². The summed E-state index contributed by atoms with van der Waals surface area (Å²) in [6.45, 7) is 8.15. The Kier molecular flexibility index (Phi) is 6.41. The maximum atomic E-state index is 10.5. The van der Waals surface area contributed by atoms with Crippen molar-refractivity contribution in [3.63, 3.8) is 0 Å². The van der Waals surface area contributed by atoms with Crippen LogP contribution in [-0.2, 0) is 0 Å². The number of nitrogens with one attached hydrogen (secondary N) is 1. The van der Waals surface area contributed by atoms with Crippen molar-refractivity contribution in [2.45, 2.75) is 31.8 Å². The maximum Gasteiger partial charge on any atom is 0.0798 e. The largest absolute Gasteiger partial charge is 0.388 e. The zero-order chi connectivity index (χ0) is 12.7. The van der Waals surface area contributed by atoms with Gasteiger partial charge in [0.15, 0.2) is 0 Å². The Labute approximate surface area is 106 Å². The fourth-order valence-corrected chi connectivity index (χ4v) is 2.43. The van der Waals surface area contributed by atoms with Crippen LogP contribution in [-0.4, -0.2) is 73.9 Å². The van der Waals surface area contributed by atoms with Crippen LogP contribution in [0.3, 0.4) is 0 Å². The molecule has 1 rings (SSSR count). The van der Waals surface area contributed by atoms with Crippen LogP contribution < -0.4 is 5.32 Å². The van der Waals surface area contributed by atoms with E-state index in [0.717, 1.165) is 52.1 Å². The van der Waals surface area contributed by atoms with Crippen molar-refractivity contribution in [2.24, 2.45) is 0 Å². The molecule has 102 valence electrons. The van der Waals surface area contributed by atoms with E-state index >= 15 is 0 Å². The highest BCUT2D eigenvalue weighted by molar-refractivity contribution is 4.87. The maximum absolute atomic E-state index is 10.5. The summed E-state index contributed by atoms with van der Waals surface area (Å²) < 4.78 is 0. The lowest BCUT2D eigenvalue weighted by atomic mass is 9.92. The highest BCUT2D eigenvalue weighted by atomic mass is 16.3. The lowest BCUT2D eigenvalue weighted by Gasteiger charge is -2.37. The first kappa shape index (κ1) is 14.9. The van der Waals surface area contributed by atoms with Crippen molar-refractivity contribution in [2.75, 3.05) is 53.4 Å². The summed E-state index contributed by atoms with van der Waals surface area (Å²) in [4.78, 5) is 4.60. The summed E-state index contributed by atoms with van der Waals surface area (Å²) in [5, 5.41) is 13.8. The summed E-state index contributed by atoms with van der Waals surface area (Å²) in [5.74, 6) is 0. The van der Waals surface area contributed by atoms with Crippen LogP contribution >= 0.6 is 0 Å². The van der Waals surface area contributed by atoms with Gasteiger partial charge in [0, 0.05) is 6.54 Å². The molecule has 4 nitrogen and oxygen atoms in total. The van der Waals surface area contributed by atoms with Crippen LogP contribution in [0.1, 0.15) is 26.2 Å². The Morgan fingerprint density at radius 3 is 2.35 bits per heavy atom. The van der Waals surface area contributed by atoms with Crippen molar-refractivity contribution in [1.82, 2.24) is 15.1 Å². The van der Waals surface area contributed by atoms with E-state index in [4.69, 9.17) is 0 Å². The van der Waals surface area contributed by atoms with Gasteiger partial charge in [0.2, 0.25) is 0 Å². The van der Waals surface area contributed by atoms with E-state index in [1.54, 1.807) is 0 Å². The number of hydrogen-bond donors (Lipinski definition) is 2. The molecule has 0 bridgehead atoms. The molecular formula is C13H29N3O. The van der Waals surface area contributed by atoms with Crippen molar-refractivity contribution in [1.29, 1.82) is 0 Å². The molecule has 0 aromatic heterocycles. The Bertz CT molecular complexity index is 203. The van der Waals surface area contributed by atoms with E-state index in [1.807, 2.05) is 0 Å². The predicted octanol–water partition coefficient (Wildman–Crippen LogP) is 0.375. The SMILES string of the molecule is CCN(CCCN(C)C)CC1(O)CCNCC1. The summed E-state index contributed by atoms with van der Waals surface area (Å²) in [5.41, 5.74) is -0.459. The van der Waals surface area contributed by atoms with Crippen molar-refractivity contribution < 1.29 is 5.11 Å². The molecule has 1 aliphatic rings. The van der Waals surface area contributed by atoms with Crippen molar-refractivity contribution in [3.05, 3.63) is 0 Å². The molecule has 0 unspecified atom stereocenters. The molecule has 1 fully saturated rings. The molecule has 0 aromatic carbocycles. The zero-order valence-corrected chi connectivity index (χ0v) is 11.7. The quantitative estimate of drug-likeness (QED) is 0.678. The Morgan fingerprint density at radius 1 is 1.18 bits per heavy atom. The molecule has 0 amide bonds. The first-order valence-corrected chi connectivity index (χ1v) is 6.86. The lowest BCUT2D eigenvalue weighted by molar-refractivity contribution is -0.0202. The second kappa shape index (κ2) is 7.31. The topological polar surface area (TPSA) is 38.7 Å². The van der Waals surface area contributed by atoms with Crippen LogP contribution in [0.25, 0.3) is 0 Å². The van der Waals surface area contributed by atoms with Gasteiger partial charge in [-0.25, -0.2) is 0 Å². The highest BCUT2D eigenvalue weighted by Gasteiger charge is 2.30. The zero-order valence-electron chi connectivity index (χ0n) is 11.7. The van der Waals surface area contributed by atoms with E-state index in [9.17, 15) is 5.11 Å². The lowest BCUT2D eigenvalue weighted by Crippen LogP contribution is -2.50. The minimum atomic E-state index is -0.459. The molecule has 0 radical (unpaired) electrons. The van der Waals surface area contributed by atoms with Crippen LogP contribution in [0.15, 0.2) is 0 Å². The second-order valence-electron chi connectivity index (χ2n) is 5.50. The standard InChI is InChI=1S/C13H29N3O/c1-4-16(11-5-10-15(2)3)12-13(17)6-8-14-9-7-13/h14,17H,4-12H2,1-3H3. The summed E-state index contributed by atoms with van der Waals surface area (Å²) in [7, 11) is 4.22. The molecular weight excluding hydrogens is 214 g/mol. The minimum absolute atomic E-state index is 0.459. The highest BCUT2D eigenvalue weighted by Crippen LogP contribution is 2.19. The van der Waals surface area contributed by atoms with Crippen LogP contribution in [0.5, 0.6) is 0 Å². The van der Waals surface area contributed by atoms with Gasteiger partial charge in [0.05, 0.1) is 5.60 Å². The summed E-state index contributed by atoms with van der Waals surface area (Å²) >= 11 is 0. The average molecular weight is 243 g/mol. The smallest absolute Gasteiger partial charge is 0.0798 e. The molecule has 1 saturated heterocycles. The molecule has 17 heavy (non-hydrogen) atoms.